The van der Waals surface area contributed by atoms with E-state index in [1.54, 1.807) is 12.3 Å². The molecule has 0 unspecified atom stereocenters. The van der Waals surface area contributed by atoms with Gasteiger partial charge in [-0.3, -0.25) is 4.79 Å². The number of rotatable bonds is 5. The first-order valence-corrected chi connectivity index (χ1v) is 8.91. The van der Waals surface area contributed by atoms with Gasteiger partial charge in [0, 0.05) is 34.8 Å². The number of para-hydroxylation sites is 1. The standard InChI is InChI=1S/C23H18FN3O/c24-20-10-6-9-18(13-20)23(28)26-25-14-19-16-27(15-17-7-2-1-3-8-17)22-12-5-4-11-21(19)22/h1-14,16H,15H2,(H,26,28). The lowest BCUT2D eigenvalue weighted by molar-refractivity contribution is 0.0954. The molecule has 5 heteroatoms. The molecule has 4 aromatic rings. The Kier molecular flexibility index (Phi) is 4.97. The van der Waals surface area contributed by atoms with Crippen molar-refractivity contribution in [1.82, 2.24) is 9.99 Å². The van der Waals surface area contributed by atoms with Crippen molar-refractivity contribution in [3.63, 3.8) is 0 Å². The Hall–Kier alpha value is -3.73. The summed E-state index contributed by atoms with van der Waals surface area (Å²) >= 11 is 0. The summed E-state index contributed by atoms with van der Waals surface area (Å²) in [7, 11) is 0. The number of fused-ring (bicyclic) bond motifs is 1. The van der Waals surface area contributed by atoms with E-state index in [1.165, 1.54) is 23.8 Å². The van der Waals surface area contributed by atoms with Gasteiger partial charge in [0.25, 0.3) is 5.91 Å². The van der Waals surface area contributed by atoms with Crippen LogP contribution in [-0.4, -0.2) is 16.7 Å². The molecule has 0 saturated heterocycles. The average Bonchev–Trinajstić information content (AvgIpc) is 3.06. The number of benzene rings is 3. The van der Waals surface area contributed by atoms with E-state index in [4.69, 9.17) is 0 Å². The molecule has 0 radical (unpaired) electrons. The van der Waals surface area contributed by atoms with Crippen LogP contribution in [0.1, 0.15) is 21.5 Å². The molecule has 4 rings (SSSR count). The number of aromatic nitrogens is 1. The Morgan fingerprint density at radius 3 is 2.61 bits per heavy atom. The van der Waals surface area contributed by atoms with Crippen LogP contribution >= 0.6 is 0 Å². The van der Waals surface area contributed by atoms with Gasteiger partial charge in [-0.05, 0) is 29.8 Å². The van der Waals surface area contributed by atoms with Gasteiger partial charge in [0.2, 0.25) is 0 Å². The van der Waals surface area contributed by atoms with Crippen LogP contribution in [0.2, 0.25) is 0 Å². The highest BCUT2D eigenvalue weighted by molar-refractivity contribution is 6.00. The van der Waals surface area contributed by atoms with Gasteiger partial charge in [-0.15, -0.1) is 0 Å². The van der Waals surface area contributed by atoms with E-state index < -0.39 is 11.7 Å². The van der Waals surface area contributed by atoms with E-state index in [-0.39, 0.29) is 5.56 Å². The van der Waals surface area contributed by atoms with Gasteiger partial charge in [-0.25, -0.2) is 9.82 Å². The number of nitrogens with zero attached hydrogens (tertiary/aromatic N) is 2. The quantitative estimate of drug-likeness (QED) is 0.405. The van der Waals surface area contributed by atoms with Crippen molar-refractivity contribution >= 4 is 23.0 Å². The van der Waals surface area contributed by atoms with Crippen LogP contribution in [0.4, 0.5) is 4.39 Å². The highest BCUT2D eigenvalue weighted by Crippen LogP contribution is 2.21. The summed E-state index contributed by atoms with van der Waals surface area (Å²) < 4.78 is 15.4. The highest BCUT2D eigenvalue weighted by atomic mass is 19.1. The molecule has 1 heterocycles. The molecule has 0 aliphatic carbocycles. The van der Waals surface area contributed by atoms with E-state index in [9.17, 15) is 9.18 Å². The molecule has 1 amide bonds. The maximum absolute atomic E-state index is 13.2. The summed E-state index contributed by atoms with van der Waals surface area (Å²) in [5.74, 6) is -0.913. The minimum Gasteiger partial charge on any atom is -0.342 e. The Bertz CT molecular complexity index is 1150. The molecular formula is C23H18FN3O. The van der Waals surface area contributed by atoms with Gasteiger partial charge in [0.1, 0.15) is 5.82 Å². The van der Waals surface area contributed by atoms with Gasteiger partial charge in [0.15, 0.2) is 0 Å². The number of nitrogens with one attached hydrogen (secondary N) is 1. The first kappa shape index (κ1) is 17.7. The molecule has 0 atom stereocenters. The number of carbonyl (C=O) groups excluding carboxylic acids is 1. The first-order valence-electron chi connectivity index (χ1n) is 8.91. The topological polar surface area (TPSA) is 46.4 Å². The lowest BCUT2D eigenvalue weighted by Gasteiger charge is -2.05. The molecule has 4 nitrogen and oxygen atoms in total. The first-order chi connectivity index (χ1) is 13.7. The molecule has 0 aliphatic rings. The summed E-state index contributed by atoms with van der Waals surface area (Å²) in [5, 5.41) is 5.10. The van der Waals surface area contributed by atoms with Gasteiger partial charge < -0.3 is 4.57 Å². The minimum atomic E-state index is -0.458. The van der Waals surface area contributed by atoms with Crippen molar-refractivity contribution in [3.8, 4) is 0 Å². The lowest BCUT2D eigenvalue weighted by atomic mass is 10.2. The van der Waals surface area contributed by atoms with E-state index >= 15 is 0 Å². The Labute approximate surface area is 161 Å². The molecule has 0 fully saturated rings. The van der Waals surface area contributed by atoms with Crippen molar-refractivity contribution in [2.24, 2.45) is 5.10 Å². The third kappa shape index (κ3) is 3.83. The summed E-state index contributed by atoms with van der Waals surface area (Å²) in [6.45, 7) is 0.741. The number of carbonyl (C=O) groups is 1. The normalized spacial score (nSPS) is 11.2. The third-order valence-corrected chi connectivity index (χ3v) is 4.47. The molecule has 0 aliphatic heterocycles. The van der Waals surface area contributed by atoms with E-state index in [0.717, 1.165) is 23.0 Å². The van der Waals surface area contributed by atoms with Gasteiger partial charge in [-0.2, -0.15) is 5.10 Å². The fourth-order valence-corrected chi connectivity index (χ4v) is 3.14. The molecule has 1 N–H and O–H groups in total. The Balaban J connectivity index is 1.57. The predicted molar refractivity (Wildman–Crippen MR) is 109 cm³/mol. The zero-order chi connectivity index (χ0) is 19.3. The fourth-order valence-electron chi connectivity index (χ4n) is 3.14. The lowest BCUT2D eigenvalue weighted by Crippen LogP contribution is -2.17. The maximum Gasteiger partial charge on any atom is 0.271 e. The summed E-state index contributed by atoms with van der Waals surface area (Å²) in [5.41, 5.74) is 5.86. The zero-order valence-electron chi connectivity index (χ0n) is 15.0. The van der Waals surface area contributed by atoms with E-state index in [2.05, 4.69) is 33.3 Å². The van der Waals surface area contributed by atoms with Crippen molar-refractivity contribution in [3.05, 3.63) is 108 Å². The number of hydrazone groups is 1. The number of amides is 1. The fraction of sp³-hybridized carbons (Fsp3) is 0.0435. The van der Waals surface area contributed by atoms with Gasteiger partial charge >= 0.3 is 0 Å². The van der Waals surface area contributed by atoms with Gasteiger partial charge in [0.05, 0.1) is 6.21 Å². The molecular weight excluding hydrogens is 353 g/mol. The van der Waals surface area contributed by atoms with Gasteiger partial charge in [-0.1, -0.05) is 54.6 Å². The molecule has 28 heavy (non-hydrogen) atoms. The van der Waals surface area contributed by atoms with E-state index in [1.807, 2.05) is 42.6 Å². The van der Waals surface area contributed by atoms with Crippen LogP contribution in [-0.2, 0) is 6.54 Å². The molecule has 0 spiro atoms. The van der Waals surface area contributed by atoms with Crippen molar-refractivity contribution in [1.29, 1.82) is 0 Å². The van der Waals surface area contributed by atoms with Crippen molar-refractivity contribution in [2.45, 2.75) is 6.54 Å². The second-order valence-corrected chi connectivity index (χ2v) is 6.42. The van der Waals surface area contributed by atoms with Crippen molar-refractivity contribution < 1.29 is 9.18 Å². The second-order valence-electron chi connectivity index (χ2n) is 6.42. The molecule has 1 aromatic heterocycles. The maximum atomic E-state index is 13.2. The van der Waals surface area contributed by atoms with Crippen LogP contribution in [0.5, 0.6) is 0 Å². The minimum absolute atomic E-state index is 0.226. The zero-order valence-corrected chi connectivity index (χ0v) is 15.0. The van der Waals surface area contributed by atoms with Crippen LogP contribution in [0, 0.1) is 5.82 Å². The summed E-state index contributed by atoms with van der Waals surface area (Å²) in [4.78, 5) is 12.1. The molecule has 0 saturated carbocycles. The number of hydrogen-bond acceptors (Lipinski definition) is 2. The number of hydrogen-bond donors (Lipinski definition) is 1. The molecule has 0 bridgehead atoms. The third-order valence-electron chi connectivity index (χ3n) is 4.47. The van der Waals surface area contributed by atoms with Crippen LogP contribution in [0.3, 0.4) is 0 Å². The van der Waals surface area contributed by atoms with E-state index in [0.29, 0.717) is 0 Å². The Morgan fingerprint density at radius 1 is 1.00 bits per heavy atom. The number of halogens is 1. The van der Waals surface area contributed by atoms with Crippen LogP contribution in [0.15, 0.2) is 90.2 Å². The SMILES string of the molecule is O=C(NN=Cc1cn(Cc2ccccc2)c2ccccc12)c1cccc(F)c1. The Morgan fingerprint density at radius 2 is 1.79 bits per heavy atom. The molecule has 3 aromatic carbocycles. The second kappa shape index (κ2) is 7.88. The summed E-state index contributed by atoms with van der Waals surface area (Å²) in [6.07, 6.45) is 3.62. The highest BCUT2D eigenvalue weighted by Gasteiger charge is 2.08. The largest absolute Gasteiger partial charge is 0.342 e. The van der Waals surface area contributed by atoms with Crippen LogP contribution in [0.25, 0.3) is 10.9 Å². The van der Waals surface area contributed by atoms with Crippen LogP contribution < -0.4 is 5.43 Å². The summed E-state index contributed by atoms with van der Waals surface area (Å²) in [6, 6.07) is 23.8. The van der Waals surface area contributed by atoms with Crippen molar-refractivity contribution in [2.75, 3.05) is 0 Å². The monoisotopic (exact) mass is 371 g/mol. The smallest absolute Gasteiger partial charge is 0.271 e. The molecule has 138 valence electrons. The predicted octanol–water partition coefficient (Wildman–Crippen LogP) is 4.59. The average molecular weight is 371 g/mol.